The van der Waals surface area contributed by atoms with Gasteiger partial charge in [-0.15, -0.1) is 0 Å². The Hall–Kier alpha value is -1.70. The van der Waals surface area contributed by atoms with Crippen molar-refractivity contribution in [3.8, 4) is 0 Å². The maximum atomic E-state index is 12.2. The number of halogens is 1. The van der Waals surface area contributed by atoms with Crippen LogP contribution in [0.25, 0.3) is 0 Å². The maximum absolute atomic E-state index is 12.2. The second-order valence-corrected chi connectivity index (χ2v) is 10.6. The maximum Gasteiger partial charge on any atom is 0.232 e. The molecule has 0 saturated heterocycles. The first kappa shape index (κ1) is 24.6. The predicted molar refractivity (Wildman–Crippen MR) is 128 cm³/mol. The molecule has 0 spiro atoms. The third-order valence-electron chi connectivity index (χ3n) is 4.76. The highest BCUT2D eigenvalue weighted by Crippen LogP contribution is 2.28. The molecule has 1 amide bonds. The first-order valence-corrected chi connectivity index (χ1v) is 13.2. The summed E-state index contributed by atoms with van der Waals surface area (Å²) in [4.78, 5) is 12.1. The molecule has 5 nitrogen and oxygen atoms in total. The van der Waals surface area contributed by atoms with Gasteiger partial charge in [0.05, 0.1) is 11.9 Å². The van der Waals surface area contributed by atoms with Crippen LogP contribution in [0.3, 0.4) is 0 Å². The minimum Gasteiger partial charge on any atom is -0.355 e. The molecule has 1 N–H and O–H groups in total. The lowest BCUT2D eigenvalue weighted by molar-refractivity contribution is -0.121. The second kappa shape index (κ2) is 11.6. The number of hydrogen-bond donors (Lipinski definition) is 1. The van der Waals surface area contributed by atoms with Crippen LogP contribution in [0.5, 0.6) is 0 Å². The van der Waals surface area contributed by atoms with Gasteiger partial charge in [0, 0.05) is 36.0 Å². The van der Waals surface area contributed by atoms with E-state index in [2.05, 4.69) is 24.4 Å². The second-order valence-electron chi connectivity index (χ2n) is 7.15. The predicted octanol–water partition coefficient (Wildman–Crippen LogP) is 4.55. The summed E-state index contributed by atoms with van der Waals surface area (Å²) in [6.07, 6.45) is 1.87. The van der Waals surface area contributed by atoms with E-state index in [0.717, 1.165) is 11.5 Å². The molecule has 2 aromatic carbocycles. The van der Waals surface area contributed by atoms with Gasteiger partial charge < -0.3 is 5.32 Å². The van der Waals surface area contributed by atoms with Crippen molar-refractivity contribution in [1.29, 1.82) is 0 Å². The fraction of sp³-hybridized carbons (Fsp3) is 0.409. The van der Waals surface area contributed by atoms with Crippen LogP contribution >= 0.6 is 23.4 Å². The fourth-order valence-electron chi connectivity index (χ4n) is 3.02. The molecule has 2 rings (SSSR count). The first-order valence-electron chi connectivity index (χ1n) is 9.82. The number of rotatable bonds is 11. The van der Waals surface area contributed by atoms with E-state index < -0.39 is 10.0 Å². The van der Waals surface area contributed by atoms with Crippen molar-refractivity contribution in [2.24, 2.45) is 0 Å². The third kappa shape index (κ3) is 7.52. The molecule has 0 bridgehead atoms. The van der Waals surface area contributed by atoms with E-state index in [1.165, 1.54) is 21.7 Å². The number of carbonyl (C=O) groups excluding carboxylic acids is 1. The van der Waals surface area contributed by atoms with E-state index in [1.807, 2.05) is 12.1 Å². The van der Waals surface area contributed by atoms with Crippen molar-refractivity contribution in [2.45, 2.75) is 32.4 Å². The topological polar surface area (TPSA) is 66.5 Å². The van der Waals surface area contributed by atoms with E-state index >= 15 is 0 Å². The van der Waals surface area contributed by atoms with Crippen LogP contribution < -0.4 is 9.62 Å². The number of benzene rings is 2. The Morgan fingerprint density at radius 1 is 1.13 bits per heavy atom. The van der Waals surface area contributed by atoms with Crippen molar-refractivity contribution in [2.75, 3.05) is 29.4 Å². The standard InChI is InChI=1S/C22H29ClN2O3S2/c1-17-8-4-5-9-19(17)16-29-15-13-24-22(26)12-7-14-25(30(3,27)28)21-11-6-10-20(23)18(21)2/h4-6,8-11H,7,12-16H2,1-3H3,(H,24,26). The molecule has 0 aromatic heterocycles. The van der Waals surface area contributed by atoms with Gasteiger partial charge in [-0.05, 0) is 49.1 Å². The highest BCUT2D eigenvalue weighted by molar-refractivity contribution is 7.98. The molecule has 30 heavy (non-hydrogen) atoms. The monoisotopic (exact) mass is 468 g/mol. The zero-order valence-corrected chi connectivity index (χ0v) is 20.0. The molecule has 0 aliphatic rings. The molecule has 0 aliphatic carbocycles. The molecule has 0 atom stereocenters. The Kier molecular flexibility index (Phi) is 9.52. The lowest BCUT2D eigenvalue weighted by Crippen LogP contribution is -2.33. The number of thioether (sulfide) groups is 1. The quantitative estimate of drug-likeness (QED) is 0.491. The number of sulfonamides is 1. The van der Waals surface area contributed by atoms with Crippen LogP contribution in [0.4, 0.5) is 5.69 Å². The molecule has 0 aliphatic heterocycles. The molecule has 8 heteroatoms. The highest BCUT2D eigenvalue weighted by Gasteiger charge is 2.20. The van der Waals surface area contributed by atoms with Crippen LogP contribution in [-0.2, 0) is 20.6 Å². The summed E-state index contributed by atoms with van der Waals surface area (Å²) in [6.45, 7) is 4.72. The van der Waals surface area contributed by atoms with Gasteiger partial charge in [0.15, 0.2) is 0 Å². The van der Waals surface area contributed by atoms with Crippen LogP contribution in [-0.4, -0.2) is 39.4 Å². The molecule has 0 saturated carbocycles. The van der Waals surface area contributed by atoms with E-state index in [4.69, 9.17) is 11.6 Å². The van der Waals surface area contributed by atoms with Crippen LogP contribution in [0, 0.1) is 13.8 Å². The van der Waals surface area contributed by atoms with Crippen molar-refractivity contribution in [3.63, 3.8) is 0 Å². The van der Waals surface area contributed by atoms with Crippen molar-refractivity contribution < 1.29 is 13.2 Å². The number of anilines is 1. The van der Waals surface area contributed by atoms with Crippen LogP contribution in [0.1, 0.15) is 29.5 Å². The molecule has 2 aromatic rings. The normalized spacial score (nSPS) is 11.3. The minimum atomic E-state index is -3.47. The van der Waals surface area contributed by atoms with Gasteiger partial charge in [-0.1, -0.05) is 41.9 Å². The summed E-state index contributed by atoms with van der Waals surface area (Å²) in [5.41, 5.74) is 3.85. The summed E-state index contributed by atoms with van der Waals surface area (Å²) in [5, 5.41) is 3.42. The Labute approximate surface area is 189 Å². The van der Waals surface area contributed by atoms with Gasteiger partial charge in [-0.3, -0.25) is 9.10 Å². The molecule has 164 valence electrons. The summed E-state index contributed by atoms with van der Waals surface area (Å²) in [5.74, 6) is 1.69. The smallest absolute Gasteiger partial charge is 0.232 e. The van der Waals surface area contributed by atoms with E-state index in [1.54, 1.807) is 36.9 Å². The summed E-state index contributed by atoms with van der Waals surface area (Å²) in [7, 11) is -3.47. The molecule has 0 radical (unpaired) electrons. The fourth-order valence-corrected chi connectivity index (χ4v) is 5.14. The number of nitrogens with zero attached hydrogens (tertiary/aromatic N) is 1. The molecule has 0 heterocycles. The number of amides is 1. The van der Waals surface area contributed by atoms with Gasteiger partial charge in [0.2, 0.25) is 15.9 Å². The molecular weight excluding hydrogens is 440 g/mol. The van der Waals surface area contributed by atoms with E-state index in [-0.39, 0.29) is 18.9 Å². The largest absolute Gasteiger partial charge is 0.355 e. The van der Waals surface area contributed by atoms with Crippen molar-refractivity contribution in [1.82, 2.24) is 5.32 Å². The Morgan fingerprint density at radius 3 is 2.57 bits per heavy atom. The average Bonchev–Trinajstić information content (AvgIpc) is 2.68. The first-order chi connectivity index (χ1) is 14.2. The number of hydrogen-bond acceptors (Lipinski definition) is 4. The lowest BCUT2D eigenvalue weighted by atomic mass is 10.1. The summed E-state index contributed by atoms with van der Waals surface area (Å²) in [6, 6.07) is 13.5. The zero-order chi connectivity index (χ0) is 22.1. The Balaban J connectivity index is 1.75. The van der Waals surface area contributed by atoms with Gasteiger partial charge in [-0.2, -0.15) is 11.8 Å². The average molecular weight is 469 g/mol. The third-order valence-corrected chi connectivity index (χ3v) is 7.36. The van der Waals surface area contributed by atoms with E-state index in [9.17, 15) is 13.2 Å². The van der Waals surface area contributed by atoms with Gasteiger partial charge in [0.1, 0.15) is 0 Å². The van der Waals surface area contributed by atoms with Crippen molar-refractivity contribution >= 4 is 45.0 Å². The summed E-state index contributed by atoms with van der Waals surface area (Å²) >= 11 is 7.92. The highest BCUT2D eigenvalue weighted by atomic mass is 35.5. The van der Waals surface area contributed by atoms with Crippen LogP contribution in [0.2, 0.25) is 5.02 Å². The summed E-state index contributed by atoms with van der Waals surface area (Å²) < 4.78 is 25.8. The zero-order valence-electron chi connectivity index (χ0n) is 17.7. The SMILES string of the molecule is Cc1ccccc1CSCCNC(=O)CCCN(c1cccc(Cl)c1C)S(C)(=O)=O. The molecule has 0 unspecified atom stereocenters. The molecular formula is C22H29ClN2O3S2. The number of nitrogens with one attached hydrogen (secondary N) is 1. The number of aryl methyl sites for hydroxylation is 1. The Bertz CT molecular complexity index is 965. The molecule has 0 fully saturated rings. The minimum absolute atomic E-state index is 0.0669. The van der Waals surface area contributed by atoms with Crippen molar-refractivity contribution in [3.05, 3.63) is 64.2 Å². The Morgan fingerprint density at radius 2 is 1.87 bits per heavy atom. The van der Waals surface area contributed by atoms with Crippen LogP contribution in [0.15, 0.2) is 42.5 Å². The van der Waals surface area contributed by atoms with Gasteiger partial charge >= 0.3 is 0 Å². The lowest BCUT2D eigenvalue weighted by Gasteiger charge is -2.24. The number of carbonyl (C=O) groups is 1. The van der Waals surface area contributed by atoms with E-state index in [0.29, 0.717) is 29.2 Å². The van der Waals surface area contributed by atoms with Gasteiger partial charge in [0.25, 0.3) is 0 Å². The van der Waals surface area contributed by atoms with Gasteiger partial charge in [-0.25, -0.2) is 8.42 Å².